The summed E-state index contributed by atoms with van der Waals surface area (Å²) in [6.07, 6.45) is 0. The van der Waals surface area contributed by atoms with Crippen LogP contribution in [-0.2, 0) is 0 Å². The van der Waals surface area contributed by atoms with Crippen LogP contribution in [0.2, 0.25) is 0 Å². The third-order valence-corrected chi connectivity index (χ3v) is 9.52. The number of anilines is 2. The van der Waals surface area contributed by atoms with Crippen molar-refractivity contribution >= 4 is 73.6 Å². The van der Waals surface area contributed by atoms with Crippen LogP contribution in [0.1, 0.15) is 43.7 Å². The molecular weight excluding hydrogens is 617 g/mol. The third-order valence-electron chi connectivity index (χ3n) is 8.77. The Hall–Kier alpha value is -4.86. The lowest BCUT2D eigenvalue weighted by molar-refractivity contribution is -0.384. The van der Waals surface area contributed by atoms with E-state index in [1.165, 1.54) is 28.0 Å². The number of nitro groups is 1. The highest BCUT2D eigenvalue weighted by Gasteiger charge is 2.38. The second-order valence-corrected chi connectivity index (χ2v) is 11.9. The SMILES string of the molecule is O=C(c1cc(C(=O)N2CC(CCl)c3c2cc(O)c2ccccc32)cc([N+](=O)[O-])c1)N1CC(CCl)c2c1cc(O)c1ccccc21. The molecule has 0 saturated carbocycles. The van der Waals surface area contributed by atoms with Gasteiger partial charge in [-0.05, 0) is 28.0 Å². The van der Waals surface area contributed by atoms with Gasteiger partial charge in [0.25, 0.3) is 17.5 Å². The number of hydrogen-bond donors (Lipinski definition) is 2. The van der Waals surface area contributed by atoms with Crippen LogP contribution < -0.4 is 9.80 Å². The number of fused-ring (bicyclic) bond motifs is 6. The van der Waals surface area contributed by atoms with E-state index in [0.717, 1.165) is 34.0 Å². The molecule has 2 unspecified atom stereocenters. The molecule has 0 radical (unpaired) electrons. The van der Waals surface area contributed by atoms with Crippen LogP contribution in [0.4, 0.5) is 17.1 Å². The normalized spacial score (nSPS) is 17.1. The molecule has 0 spiro atoms. The molecule has 7 rings (SSSR count). The number of benzene rings is 5. The number of alkyl halides is 2. The highest BCUT2D eigenvalue weighted by atomic mass is 35.5. The molecule has 0 fully saturated rings. The van der Waals surface area contributed by atoms with Gasteiger partial charge in [0.1, 0.15) is 11.5 Å². The van der Waals surface area contributed by atoms with Crippen molar-refractivity contribution in [2.75, 3.05) is 34.6 Å². The molecule has 9 nitrogen and oxygen atoms in total. The zero-order valence-corrected chi connectivity index (χ0v) is 25.1. The smallest absolute Gasteiger partial charge is 0.271 e. The highest BCUT2D eigenvalue weighted by molar-refractivity contribution is 6.20. The van der Waals surface area contributed by atoms with Crippen molar-refractivity contribution in [1.82, 2.24) is 0 Å². The maximum atomic E-state index is 14.1. The number of rotatable bonds is 5. The fourth-order valence-corrected chi connectivity index (χ4v) is 7.27. The Morgan fingerprint density at radius 1 is 0.711 bits per heavy atom. The standard InChI is InChI=1S/C34H25Cl2N3O6/c35-14-20-16-37(27-12-29(40)23-5-1-3-7-25(23)31(20)27)33(42)18-9-19(11-22(10-18)39(44)45)34(43)38-17-21(15-36)32-26-8-4-2-6-24(26)30(41)13-28(32)38/h1-13,20-21,40-41H,14-17H2. The Balaban J connectivity index is 1.31. The number of carbonyl (C=O) groups excluding carboxylic acids is 2. The fraction of sp³-hybridized carbons (Fsp3) is 0.176. The summed E-state index contributed by atoms with van der Waals surface area (Å²) in [6, 6.07) is 21.2. The molecule has 45 heavy (non-hydrogen) atoms. The number of nitro benzene ring substituents is 1. The first-order valence-electron chi connectivity index (χ1n) is 14.3. The van der Waals surface area contributed by atoms with Crippen LogP contribution >= 0.6 is 23.2 Å². The summed E-state index contributed by atoms with van der Waals surface area (Å²) in [4.78, 5) is 42.4. The largest absolute Gasteiger partial charge is 0.507 e. The molecule has 2 heterocycles. The van der Waals surface area contributed by atoms with Gasteiger partial charge in [-0.2, -0.15) is 0 Å². The molecule has 2 aliphatic rings. The number of hydrogen-bond acceptors (Lipinski definition) is 6. The number of aromatic hydroxyl groups is 2. The molecule has 0 aliphatic carbocycles. The van der Waals surface area contributed by atoms with Crippen molar-refractivity contribution in [3.8, 4) is 11.5 Å². The predicted molar refractivity (Wildman–Crippen MR) is 175 cm³/mol. The summed E-state index contributed by atoms with van der Waals surface area (Å²) < 4.78 is 0. The molecule has 2 N–H and O–H groups in total. The van der Waals surface area contributed by atoms with E-state index in [9.17, 15) is 29.9 Å². The van der Waals surface area contributed by atoms with Crippen LogP contribution in [0.5, 0.6) is 11.5 Å². The van der Waals surface area contributed by atoms with Gasteiger partial charge in [-0.3, -0.25) is 19.7 Å². The van der Waals surface area contributed by atoms with Gasteiger partial charge in [0.05, 0.1) is 16.3 Å². The molecule has 5 aromatic carbocycles. The Bertz CT molecular complexity index is 1950. The first-order chi connectivity index (χ1) is 21.7. The molecule has 0 aromatic heterocycles. The molecule has 226 valence electrons. The van der Waals surface area contributed by atoms with Gasteiger partial charge in [-0.15, -0.1) is 23.2 Å². The van der Waals surface area contributed by atoms with Crippen molar-refractivity contribution in [3.63, 3.8) is 0 Å². The lowest BCUT2D eigenvalue weighted by Gasteiger charge is -2.21. The highest BCUT2D eigenvalue weighted by Crippen LogP contribution is 2.47. The van der Waals surface area contributed by atoms with Gasteiger partial charge in [-0.1, -0.05) is 48.5 Å². The Kier molecular flexibility index (Phi) is 7.02. The number of phenols is 2. The van der Waals surface area contributed by atoms with Gasteiger partial charge in [0, 0.05) is 82.9 Å². The van der Waals surface area contributed by atoms with E-state index in [-0.39, 0.29) is 59.3 Å². The number of amides is 2. The number of phenolic OH excluding ortho intramolecular Hbond substituents is 2. The Labute approximate surface area is 267 Å². The van der Waals surface area contributed by atoms with Gasteiger partial charge in [0.2, 0.25) is 0 Å². The van der Waals surface area contributed by atoms with E-state index in [2.05, 4.69) is 0 Å². The summed E-state index contributed by atoms with van der Waals surface area (Å²) in [5.74, 6) is -1.22. The van der Waals surface area contributed by atoms with Gasteiger partial charge in [0.15, 0.2) is 0 Å². The van der Waals surface area contributed by atoms with Crippen LogP contribution in [0.3, 0.4) is 0 Å². The van der Waals surface area contributed by atoms with E-state index < -0.39 is 22.4 Å². The van der Waals surface area contributed by atoms with E-state index in [1.54, 1.807) is 12.1 Å². The van der Waals surface area contributed by atoms with Crippen LogP contribution in [-0.4, -0.2) is 51.8 Å². The molecule has 0 saturated heterocycles. The third kappa shape index (κ3) is 4.53. The topological polar surface area (TPSA) is 124 Å². The quantitative estimate of drug-likeness (QED) is 0.118. The molecule has 5 aromatic rings. The lowest BCUT2D eigenvalue weighted by Crippen LogP contribution is -2.32. The molecule has 2 aliphatic heterocycles. The number of nitrogens with zero attached hydrogens (tertiary/aromatic N) is 3. The van der Waals surface area contributed by atoms with E-state index in [4.69, 9.17) is 23.2 Å². The summed E-state index contributed by atoms with van der Waals surface area (Å²) in [6.45, 7) is 0.390. The maximum absolute atomic E-state index is 14.1. The Morgan fingerprint density at radius 2 is 1.11 bits per heavy atom. The van der Waals surface area contributed by atoms with Crippen LogP contribution in [0, 0.1) is 10.1 Å². The van der Waals surface area contributed by atoms with Gasteiger partial charge >= 0.3 is 0 Å². The minimum Gasteiger partial charge on any atom is -0.507 e. The molecule has 11 heteroatoms. The van der Waals surface area contributed by atoms with Crippen LogP contribution in [0.25, 0.3) is 21.5 Å². The Morgan fingerprint density at radius 3 is 1.49 bits per heavy atom. The van der Waals surface area contributed by atoms with Crippen molar-refractivity contribution in [3.05, 3.63) is 111 Å². The lowest BCUT2D eigenvalue weighted by atomic mass is 9.95. The predicted octanol–water partition coefficient (Wildman–Crippen LogP) is 7.28. The molecule has 2 atom stereocenters. The van der Waals surface area contributed by atoms with Crippen molar-refractivity contribution in [2.24, 2.45) is 0 Å². The molecular formula is C34H25Cl2N3O6. The van der Waals surface area contributed by atoms with E-state index in [1.807, 2.05) is 36.4 Å². The fourth-order valence-electron chi connectivity index (χ4n) is 6.77. The van der Waals surface area contributed by atoms with Crippen LogP contribution in [0.15, 0.2) is 78.9 Å². The average Bonchev–Trinajstić information content (AvgIpc) is 3.62. The average molecular weight is 642 g/mol. The number of non-ortho nitro benzene ring substituents is 1. The van der Waals surface area contributed by atoms with Crippen molar-refractivity contribution < 1.29 is 24.7 Å². The first kappa shape index (κ1) is 28.9. The minimum absolute atomic E-state index is 0.00963. The summed E-state index contributed by atoms with van der Waals surface area (Å²) in [5.41, 5.74) is 1.99. The minimum atomic E-state index is -0.648. The maximum Gasteiger partial charge on any atom is 0.271 e. The van der Waals surface area contributed by atoms with Gasteiger partial charge < -0.3 is 20.0 Å². The van der Waals surface area contributed by atoms with Gasteiger partial charge in [-0.25, -0.2) is 0 Å². The molecule has 0 bridgehead atoms. The van der Waals surface area contributed by atoms with E-state index in [0.29, 0.717) is 22.1 Å². The zero-order valence-electron chi connectivity index (χ0n) is 23.6. The van der Waals surface area contributed by atoms with E-state index >= 15 is 0 Å². The zero-order chi connectivity index (χ0) is 31.6. The number of halogens is 2. The monoisotopic (exact) mass is 641 g/mol. The molecule has 2 amide bonds. The summed E-state index contributed by atoms with van der Waals surface area (Å²) in [7, 11) is 0. The van der Waals surface area contributed by atoms with Crippen molar-refractivity contribution in [1.29, 1.82) is 0 Å². The summed E-state index contributed by atoms with van der Waals surface area (Å²) >= 11 is 12.7. The van der Waals surface area contributed by atoms with Crippen molar-refractivity contribution in [2.45, 2.75) is 11.8 Å². The number of carbonyl (C=O) groups is 2. The second kappa shape index (κ2) is 10.9. The second-order valence-electron chi connectivity index (χ2n) is 11.3. The first-order valence-corrected chi connectivity index (χ1v) is 15.3. The summed E-state index contributed by atoms with van der Waals surface area (Å²) in [5, 5.41) is 36.4.